The zero-order valence-corrected chi connectivity index (χ0v) is 14.0. The van der Waals surface area contributed by atoms with Crippen LogP contribution in [0.15, 0.2) is 88.0 Å². The molecule has 4 aromatic rings. The smallest absolute Gasteiger partial charge is 0.173 e. The zero-order chi connectivity index (χ0) is 15.6. The lowest BCUT2D eigenvalue weighted by Gasteiger charge is -1.99. The Kier molecular flexibility index (Phi) is 3.72. The summed E-state index contributed by atoms with van der Waals surface area (Å²) >= 11 is 3.49. The molecule has 3 heteroatoms. The predicted molar refractivity (Wildman–Crippen MR) is 95.1 cm³/mol. The standard InChI is InChI=1S/C20H15BrNO/c21-18-6-7-19-17(12-18)13-20(23-19)16-8-10-22(11-9-16)14-15-4-2-1-3-5-15/h1-13H,14H2/q+1. The van der Waals surface area contributed by atoms with Crippen molar-refractivity contribution in [3.63, 3.8) is 0 Å². The van der Waals surface area contributed by atoms with Gasteiger partial charge in [0.05, 0.1) is 0 Å². The van der Waals surface area contributed by atoms with Crippen molar-refractivity contribution in [3.8, 4) is 11.3 Å². The lowest BCUT2D eigenvalue weighted by atomic mass is 10.2. The summed E-state index contributed by atoms with van der Waals surface area (Å²) in [7, 11) is 0. The van der Waals surface area contributed by atoms with E-state index in [0.717, 1.165) is 33.3 Å². The van der Waals surface area contributed by atoms with Gasteiger partial charge in [-0.3, -0.25) is 0 Å². The van der Waals surface area contributed by atoms with Crippen LogP contribution in [0.25, 0.3) is 22.3 Å². The minimum absolute atomic E-state index is 0.869. The summed E-state index contributed by atoms with van der Waals surface area (Å²) in [4.78, 5) is 0. The molecule has 0 N–H and O–H groups in total. The first-order valence-corrected chi connectivity index (χ1v) is 8.30. The van der Waals surface area contributed by atoms with Crippen LogP contribution in [-0.2, 0) is 6.54 Å². The molecular formula is C20H15BrNO+. The van der Waals surface area contributed by atoms with Crippen molar-refractivity contribution in [2.24, 2.45) is 0 Å². The quantitative estimate of drug-likeness (QED) is 0.456. The normalized spacial score (nSPS) is 11.0. The number of pyridine rings is 1. The fraction of sp³-hybridized carbons (Fsp3) is 0.0500. The molecule has 0 aliphatic heterocycles. The Labute approximate surface area is 143 Å². The molecular weight excluding hydrogens is 350 g/mol. The Bertz CT molecular complexity index is 942. The summed E-state index contributed by atoms with van der Waals surface area (Å²) in [5, 5.41) is 1.11. The topological polar surface area (TPSA) is 17.0 Å². The fourth-order valence-electron chi connectivity index (χ4n) is 2.68. The van der Waals surface area contributed by atoms with E-state index in [4.69, 9.17) is 4.42 Å². The number of furan rings is 1. The van der Waals surface area contributed by atoms with Gasteiger partial charge in [-0.2, -0.15) is 0 Å². The molecule has 2 aromatic carbocycles. The third-order valence-electron chi connectivity index (χ3n) is 3.86. The predicted octanol–water partition coefficient (Wildman–Crippen LogP) is 5.20. The summed E-state index contributed by atoms with van der Waals surface area (Å²) in [6, 6.07) is 22.8. The largest absolute Gasteiger partial charge is 0.456 e. The van der Waals surface area contributed by atoms with Gasteiger partial charge in [-0.05, 0) is 24.3 Å². The molecule has 0 aliphatic carbocycles. The maximum absolute atomic E-state index is 5.94. The number of rotatable bonds is 3. The molecule has 0 spiro atoms. The second kappa shape index (κ2) is 6.01. The number of nitrogens with zero attached hydrogens (tertiary/aromatic N) is 1. The summed E-state index contributed by atoms with van der Waals surface area (Å²) in [6.07, 6.45) is 4.18. The van der Waals surface area contributed by atoms with E-state index in [2.05, 4.69) is 81.4 Å². The average Bonchev–Trinajstić information content (AvgIpc) is 2.99. The van der Waals surface area contributed by atoms with E-state index in [1.54, 1.807) is 0 Å². The molecule has 0 radical (unpaired) electrons. The molecule has 0 fully saturated rings. The van der Waals surface area contributed by atoms with E-state index in [1.165, 1.54) is 5.56 Å². The summed E-state index contributed by atoms with van der Waals surface area (Å²) in [6.45, 7) is 0.869. The molecule has 0 atom stereocenters. The zero-order valence-electron chi connectivity index (χ0n) is 12.4. The van der Waals surface area contributed by atoms with Crippen LogP contribution >= 0.6 is 15.9 Å². The lowest BCUT2D eigenvalue weighted by Crippen LogP contribution is -2.32. The van der Waals surface area contributed by atoms with Crippen molar-refractivity contribution in [1.82, 2.24) is 0 Å². The number of hydrogen-bond acceptors (Lipinski definition) is 1. The highest BCUT2D eigenvalue weighted by molar-refractivity contribution is 9.10. The molecule has 112 valence electrons. The highest BCUT2D eigenvalue weighted by atomic mass is 79.9. The van der Waals surface area contributed by atoms with E-state index < -0.39 is 0 Å². The van der Waals surface area contributed by atoms with E-state index >= 15 is 0 Å². The lowest BCUT2D eigenvalue weighted by molar-refractivity contribution is -0.688. The van der Waals surface area contributed by atoms with Crippen LogP contribution < -0.4 is 4.57 Å². The van der Waals surface area contributed by atoms with E-state index in [0.29, 0.717) is 0 Å². The molecule has 0 saturated heterocycles. The Morgan fingerprint density at radius 3 is 2.43 bits per heavy atom. The molecule has 4 rings (SSSR count). The van der Waals surface area contributed by atoms with Crippen LogP contribution in [0.5, 0.6) is 0 Å². The van der Waals surface area contributed by atoms with Gasteiger partial charge in [0.25, 0.3) is 0 Å². The van der Waals surface area contributed by atoms with Gasteiger partial charge in [0, 0.05) is 33.1 Å². The maximum Gasteiger partial charge on any atom is 0.173 e. The van der Waals surface area contributed by atoms with Gasteiger partial charge in [-0.25, -0.2) is 4.57 Å². The number of benzene rings is 2. The number of halogens is 1. The molecule has 0 amide bonds. The van der Waals surface area contributed by atoms with Crippen molar-refractivity contribution in [2.75, 3.05) is 0 Å². The molecule has 0 aliphatic rings. The number of fused-ring (bicyclic) bond motifs is 1. The summed E-state index contributed by atoms with van der Waals surface area (Å²) < 4.78 is 9.16. The van der Waals surface area contributed by atoms with Crippen molar-refractivity contribution in [1.29, 1.82) is 0 Å². The van der Waals surface area contributed by atoms with Crippen LogP contribution in [-0.4, -0.2) is 0 Å². The fourth-order valence-corrected chi connectivity index (χ4v) is 3.06. The first-order chi connectivity index (χ1) is 11.3. The monoisotopic (exact) mass is 364 g/mol. The van der Waals surface area contributed by atoms with Crippen LogP contribution in [0, 0.1) is 0 Å². The second-order valence-corrected chi connectivity index (χ2v) is 6.45. The molecule has 2 aromatic heterocycles. The first-order valence-electron chi connectivity index (χ1n) is 7.50. The van der Waals surface area contributed by atoms with Gasteiger partial charge in [0.15, 0.2) is 18.9 Å². The minimum atomic E-state index is 0.869. The molecule has 0 unspecified atom stereocenters. The maximum atomic E-state index is 5.94. The summed E-state index contributed by atoms with van der Waals surface area (Å²) in [5.41, 5.74) is 3.28. The van der Waals surface area contributed by atoms with Crippen LogP contribution in [0.3, 0.4) is 0 Å². The Morgan fingerprint density at radius 1 is 0.870 bits per heavy atom. The molecule has 0 bridgehead atoms. The average molecular weight is 365 g/mol. The van der Waals surface area contributed by atoms with Gasteiger partial charge < -0.3 is 4.42 Å². The minimum Gasteiger partial charge on any atom is -0.456 e. The van der Waals surface area contributed by atoms with Gasteiger partial charge in [0.1, 0.15) is 11.3 Å². The third kappa shape index (κ3) is 3.06. The van der Waals surface area contributed by atoms with E-state index in [9.17, 15) is 0 Å². The van der Waals surface area contributed by atoms with E-state index in [-0.39, 0.29) is 0 Å². The van der Waals surface area contributed by atoms with Crippen LogP contribution in [0.4, 0.5) is 0 Å². The molecule has 0 saturated carbocycles. The number of hydrogen-bond donors (Lipinski definition) is 0. The van der Waals surface area contributed by atoms with Crippen molar-refractivity contribution >= 4 is 26.9 Å². The second-order valence-electron chi connectivity index (χ2n) is 5.54. The van der Waals surface area contributed by atoms with Crippen LogP contribution in [0.1, 0.15) is 5.56 Å². The highest BCUT2D eigenvalue weighted by Gasteiger charge is 2.09. The number of aromatic nitrogens is 1. The first kappa shape index (κ1) is 14.2. The van der Waals surface area contributed by atoms with Gasteiger partial charge in [-0.15, -0.1) is 0 Å². The molecule has 23 heavy (non-hydrogen) atoms. The van der Waals surface area contributed by atoms with Crippen molar-refractivity contribution in [3.05, 3.63) is 89.2 Å². The SMILES string of the molecule is Brc1ccc2oc(-c3cc[n+](Cc4ccccc4)cc3)cc2c1. The molecule has 2 nitrogen and oxygen atoms in total. The third-order valence-corrected chi connectivity index (χ3v) is 4.36. The van der Waals surface area contributed by atoms with Crippen molar-refractivity contribution in [2.45, 2.75) is 6.54 Å². The van der Waals surface area contributed by atoms with Gasteiger partial charge in [0.2, 0.25) is 0 Å². The van der Waals surface area contributed by atoms with Gasteiger partial charge in [-0.1, -0.05) is 46.3 Å². The highest BCUT2D eigenvalue weighted by Crippen LogP contribution is 2.29. The van der Waals surface area contributed by atoms with Gasteiger partial charge >= 0.3 is 0 Å². The van der Waals surface area contributed by atoms with Crippen molar-refractivity contribution < 1.29 is 8.98 Å². The Balaban J connectivity index is 1.61. The van der Waals surface area contributed by atoms with E-state index in [1.807, 2.05) is 18.2 Å². The van der Waals surface area contributed by atoms with Crippen LogP contribution in [0.2, 0.25) is 0 Å². The molecule has 2 heterocycles. The summed E-state index contributed by atoms with van der Waals surface area (Å²) in [5.74, 6) is 0.893. The Hall–Kier alpha value is -2.39. The Morgan fingerprint density at radius 2 is 1.65 bits per heavy atom.